The lowest BCUT2D eigenvalue weighted by molar-refractivity contribution is 0.162. The van der Waals surface area contributed by atoms with Crippen molar-refractivity contribution < 1.29 is 9.53 Å². The monoisotopic (exact) mass is 188 g/mol. The third-order valence-corrected chi connectivity index (χ3v) is 6.17. The Bertz CT molecular complexity index is 175. The molecule has 0 radical (unpaired) electrons. The van der Waals surface area contributed by atoms with Crippen LogP contribution in [0.3, 0.4) is 0 Å². The Balaban J connectivity index is 2.50. The summed E-state index contributed by atoms with van der Waals surface area (Å²) in [6.45, 7) is 10.4. The Hall–Kier alpha value is 0.137. The Morgan fingerprint density at radius 1 is 1.50 bits per heavy atom. The van der Waals surface area contributed by atoms with Crippen LogP contribution in [0.2, 0.25) is 18.6 Å². The van der Waals surface area contributed by atoms with Crippen LogP contribution < -0.4 is 0 Å². The van der Waals surface area contributed by atoms with E-state index in [9.17, 15) is 5.11 Å². The molecule has 0 aromatic heterocycles. The van der Waals surface area contributed by atoms with Gasteiger partial charge in [-0.15, -0.1) is 0 Å². The summed E-state index contributed by atoms with van der Waals surface area (Å²) in [5, 5.41) is 9.69. The Labute approximate surface area is 76.1 Å². The predicted molar refractivity (Wildman–Crippen MR) is 52.7 cm³/mol. The Kier molecular flexibility index (Phi) is 2.40. The molecular weight excluding hydrogens is 168 g/mol. The van der Waals surface area contributed by atoms with Gasteiger partial charge in [0.15, 0.2) is 8.32 Å². The van der Waals surface area contributed by atoms with Gasteiger partial charge in [0.2, 0.25) is 0 Å². The molecule has 1 N–H and O–H groups in total. The lowest BCUT2D eigenvalue weighted by atomic mass is 10.4. The molecule has 2 atom stereocenters. The van der Waals surface area contributed by atoms with Crippen LogP contribution in [0.15, 0.2) is 0 Å². The van der Waals surface area contributed by atoms with E-state index in [4.69, 9.17) is 4.43 Å². The van der Waals surface area contributed by atoms with Crippen molar-refractivity contribution in [2.24, 2.45) is 0 Å². The molecule has 1 aliphatic rings. The lowest BCUT2D eigenvalue weighted by Gasteiger charge is -2.26. The summed E-state index contributed by atoms with van der Waals surface area (Å²) in [7, 11) is -1.62. The fraction of sp³-hybridized carbons (Fsp3) is 1.00. The summed E-state index contributed by atoms with van der Waals surface area (Å²) in [5.41, 5.74) is 0.0114. The summed E-state index contributed by atoms with van der Waals surface area (Å²) in [6, 6.07) is 0. The Morgan fingerprint density at radius 3 is 2.17 bits per heavy atom. The van der Waals surface area contributed by atoms with E-state index in [2.05, 4.69) is 26.9 Å². The lowest BCUT2D eigenvalue weighted by Crippen LogP contribution is -2.36. The largest absolute Gasteiger partial charge is 0.415 e. The number of hydrogen-bond acceptors (Lipinski definition) is 2. The van der Waals surface area contributed by atoms with Crippen LogP contribution in [-0.4, -0.2) is 25.1 Å². The number of hydrogen-bond donors (Lipinski definition) is 1. The molecule has 1 rings (SSSR count). The first-order valence-corrected chi connectivity index (χ1v) is 7.64. The quantitative estimate of drug-likeness (QED) is 0.688. The molecule has 2 nitrogen and oxygen atoms in total. The average Bonchev–Trinajstić information content (AvgIpc) is 2.36. The molecule has 0 heterocycles. The first-order chi connectivity index (χ1) is 5.26. The molecule has 2 unspecified atom stereocenters. The highest BCUT2D eigenvalue weighted by atomic mass is 28.4. The van der Waals surface area contributed by atoms with Crippen molar-refractivity contribution in [1.82, 2.24) is 0 Å². The summed E-state index contributed by atoms with van der Waals surface area (Å²) in [6.07, 6.45) is 1.22. The second-order valence-corrected chi connectivity index (χ2v) is 9.02. The first-order valence-electron chi connectivity index (χ1n) is 4.66. The van der Waals surface area contributed by atoms with Gasteiger partial charge in [0.05, 0.1) is 5.60 Å². The van der Waals surface area contributed by atoms with Crippen LogP contribution in [0.4, 0.5) is 0 Å². The van der Waals surface area contributed by atoms with Crippen LogP contribution >= 0.6 is 0 Å². The van der Waals surface area contributed by atoms with Crippen LogP contribution in [-0.2, 0) is 4.43 Å². The highest BCUT2D eigenvalue weighted by Gasteiger charge is 2.58. The van der Waals surface area contributed by atoms with E-state index in [0.717, 1.165) is 6.42 Å². The van der Waals surface area contributed by atoms with Crippen molar-refractivity contribution in [2.75, 3.05) is 0 Å². The van der Waals surface area contributed by atoms with Crippen molar-refractivity contribution >= 4 is 8.32 Å². The zero-order chi connectivity index (χ0) is 9.57. The van der Waals surface area contributed by atoms with Gasteiger partial charge in [-0.05, 0) is 40.3 Å². The molecule has 72 valence electrons. The second-order valence-electron chi connectivity index (χ2n) is 4.88. The molecule has 0 aliphatic heterocycles. The van der Waals surface area contributed by atoms with E-state index in [1.54, 1.807) is 0 Å². The van der Waals surface area contributed by atoms with Crippen LogP contribution in [0.25, 0.3) is 0 Å². The minimum Gasteiger partial charge on any atom is -0.415 e. The van der Waals surface area contributed by atoms with Gasteiger partial charge in [-0.2, -0.15) is 0 Å². The fourth-order valence-electron chi connectivity index (χ4n) is 2.04. The van der Waals surface area contributed by atoms with E-state index in [1.165, 1.54) is 0 Å². The maximum Gasteiger partial charge on any atom is 0.193 e. The zero-order valence-electron chi connectivity index (χ0n) is 8.72. The van der Waals surface area contributed by atoms with Gasteiger partial charge in [-0.1, -0.05) is 0 Å². The molecule has 1 fully saturated rings. The number of aliphatic hydroxyl groups is 1. The molecule has 1 saturated carbocycles. The van der Waals surface area contributed by atoms with Crippen molar-refractivity contribution in [2.45, 2.75) is 57.5 Å². The third-order valence-electron chi connectivity index (χ3n) is 2.59. The highest BCUT2D eigenvalue weighted by Crippen LogP contribution is 2.55. The van der Waals surface area contributed by atoms with Crippen molar-refractivity contribution in [3.8, 4) is 0 Å². The maximum absolute atomic E-state index is 9.69. The summed E-state index contributed by atoms with van der Waals surface area (Å²) < 4.78 is 5.88. The molecule has 0 aromatic rings. The van der Waals surface area contributed by atoms with Gasteiger partial charge in [-0.3, -0.25) is 0 Å². The highest BCUT2D eigenvalue weighted by molar-refractivity contribution is 6.74. The molecule has 0 saturated heterocycles. The molecule has 0 spiro atoms. The van der Waals surface area contributed by atoms with Crippen molar-refractivity contribution in [3.05, 3.63) is 0 Å². The molecule has 0 bridgehead atoms. The van der Waals surface area contributed by atoms with Gasteiger partial charge in [-0.25, -0.2) is 0 Å². The van der Waals surface area contributed by atoms with Crippen LogP contribution in [0.1, 0.15) is 27.2 Å². The smallest absolute Gasteiger partial charge is 0.193 e. The van der Waals surface area contributed by atoms with Gasteiger partial charge in [0.1, 0.15) is 0 Å². The predicted octanol–water partition coefficient (Wildman–Crippen LogP) is 2.14. The fourth-order valence-corrected chi connectivity index (χ4v) is 5.82. The molecule has 0 amide bonds. The van der Waals surface area contributed by atoms with Gasteiger partial charge in [0, 0.05) is 11.6 Å². The molecule has 3 heteroatoms. The van der Waals surface area contributed by atoms with E-state index < -0.39 is 13.9 Å². The van der Waals surface area contributed by atoms with E-state index >= 15 is 0 Å². The van der Waals surface area contributed by atoms with E-state index in [-0.39, 0.29) is 0 Å². The summed E-state index contributed by atoms with van der Waals surface area (Å²) in [5.74, 6) is 0. The minimum atomic E-state index is -1.62. The average molecular weight is 188 g/mol. The van der Waals surface area contributed by atoms with Crippen molar-refractivity contribution in [1.29, 1.82) is 0 Å². The van der Waals surface area contributed by atoms with Crippen molar-refractivity contribution in [3.63, 3.8) is 0 Å². The van der Waals surface area contributed by atoms with E-state index in [1.807, 2.05) is 6.92 Å². The molecule has 0 aromatic carbocycles. The van der Waals surface area contributed by atoms with Gasteiger partial charge >= 0.3 is 0 Å². The SMILES string of the molecule is CC(C)O[Si](C)(C)C1CC1(C)O. The number of rotatable bonds is 3. The summed E-state index contributed by atoms with van der Waals surface area (Å²) >= 11 is 0. The zero-order valence-corrected chi connectivity index (χ0v) is 9.72. The molecule has 1 aliphatic carbocycles. The van der Waals surface area contributed by atoms with E-state index in [0.29, 0.717) is 11.6 Å². The van der Waals surface area contributed by atoms with Crippen LogP contribution in [0, 0.1) is 0 Å². The first kappa shape index (κ1) is 10.2. The van der Waals surface area contributed by atoms with Gasteiger partial charge < -0.3 is 9.53 Å². The maximum atomic E-state index is 9.69. The molecular formula is C9H20O2Si. The van der Waals surface area contributed by atoms with Gasteiger partial charge in [0.25, 0.3) is 0 Å². The molecule has 12 heavy (non-hydrogen) atoms. The minimum absolute atomic E-state index is 0.295. The normalized spacial score (nSPS) is 35.8. The topological polar surface area (TPSA) is 29.5 Å². The second kappa shape index (κ2) is 2.82. The Morgan fingerprint density at radius 2 is 1.92 bits per heavy atom. The third kappa shape index (κ3) is 2.09. The van der Waals surface area contributed by atoms with Crippen LogP contribution in [0.5, 0.6) is 0 Å². The standard InChI is InChI=1S/C9H20O2Si/c1-7(2)11-12(4,5)8-6-9(8,3)10/h7-8,10H,6H2,1-5H3. The summed E-state index contributed by atoms with van der Waals surface area (Å²) in [4.78, 5) is 0.